The van der Waals surface area contributed by atoms with Crippen LogP contribution >= 0.6 is 0 Å². The number of hydrogen-bond acceptors (Lipinski definition) is 3. The van der Waals surface area contributed by atoms with E-state index in [1.54, 1.807) is 27.1 Å². The van der Waals surface area contributed by atoms with E-state index in [9.17, 15) is 18.0 Å². The normalized spacial score (nSPS) is 14.8. The molecule has 0 radical (unpaired) electrons. The quantitative estimate of drug-likeness (QED) is 0.292. The summed E-state index contributed by atoms with van der Waals surface area (Å²) < 4.78 is 44.7. The molecule has 0 bridgehead atoms. The fraction of sp³-hybridized carbons (Fsp3) is 0.600. The lowest BCUT2D eigenvalue weighted by molar-refractivity contribution is -0.137. The number of likely N-dealkylation sites (N-methyl/N-ethyl adjacent to an activating group) is 1. The van der Waals surface area contributed by atoms with Crippen LogP contribution in [0.3, 0.4) is 0 Å². The van der Waals surface area contributed by atoms with E-state index in [1.165, 1.54) is 17.0 Å². The lowest BCUT2D eigenvalue weighted by Crippen LogP contribution is -2.51. The van der Waals surface area contributed by atoms with Gasteiger partial charge in [0.2, 0.25) is 0 Å². The molecule has 0 aliphatic carbocycles. The van der Waals surface area contributed by atoms with Crippen LogP contribution in [0.1, 0.15) is 72.4 Å². The van der Waals surface area contributed by atoms with Crippen molar-refractivity contribution in [2.75, 3.05) is 13.6 Å². The Morgan fingerprint density at radius 1 is 1.06 bits per heavy atom. The van der Waals surface area contributed by atoms with Crippen molar-refractivity contribution in [3.63, 3.8) is 0 Å². The number of ether oxygens (including phenoxy) is 1. The number of carbonyl (C=O) groups excluding carboxylic acids is 1. The standard InChI is InChI=1S/C25H38F3N3O2/c1-9-12-21(24(7,10-2)30(8)18-29-11-3)31(22(32)33-23(4,5)6)17-19-13-15-20(16-14-19)25(26,27)28/h12-16,18H,9-11,17H2,1-8H3/b21-12+,29-18?. The molecule has 0 spiro atoms. The van der Waals surface area contributed by atoms with Crippen LogP contribution in [-0.4, -0.2) is 47.0 Å². The maximum atomic E-state index is 13.3. The Balaban J connectivity index is 3.52. The number of halogens is 3. The highest BCUT2D eigenvalue weighted by molar-refractivity contribution is 5.71. The first-order valence-corrected chi connectivity index (χ1v) is 11.3. The number of amides is 1. The number of alkyl halides is 3. The van der Waals surface area contributed by atoms with Crippen molar-refractivity contribution >= 4 is 12.4 Å². The number of aliphatic imine (C=N–C) groups is 1. The molecule has 186 valence electrons. The third-order valence-corrected chi connectivity index (χ3v) is 5.38. The molecule has 5 nitrogen and oxygen atoms in total. The van der Waals surface area contributed by atoms with Crippen molar-refractivity contribution in [1.29, 1.82) is 0 Å². The molecule has 0 aliphatic heterocycles. The van der Waals surface area contributed by atoms with Crippen LogP contribution in [-0.2, 0) is 17.5 Å². The molecule has 0 aliphatic rings. The molecule has 1 rings (SSSR count). The van der Waals surface area contributed by atoms with Crippen LogP contribution in [0.5, 0.6) is 0 Å². The Kier molecular flexibility index (Phi) is 10.00. The molecule has 1 atom stereocenters. The van der Waals surface area contributed by atoms with Crippen molar-refractivity contribution in [3.8, 4) is 0 Å². The smallest absolute Gasteiger partial charge is 0.416 e. The summed E-state index contributed by atoms with van der Waals surface area (Å²) in [5.74, 6) is 0. The second kappa shape index (κ2) is 11.6. The van der Waals surface area contributed by atoms with Gasteiger partial charge in [0.15, 0.2) is 0 Å². The largest absolute Gasteiger partial charge is 0.443 e. The second-order valence-electron chi connectivity index (χ2n) is 9.11. The van der Waals surface area contributed by atoms with Gasteiger partial charge in [-0.1, -0.05) is 32.1 Å². The van der Waals surface area contributed by atoms with Crippen molar-refractivity contribution in [2.45, 2.75) is 85.2 Å². The molecule has 0 N–H and O–H groups in total. The summed E-state index contributed by atoms with van der Waals surface area (Å²) in [6.45, 7) is 14.0. The van der Waals surface area contributed by atoms with E-state index >= 15 is 0 Å². The van der Waals surface area contributed by atoms with Gasteiger partial charge < -0.3 is 9.64 Å². The van der Waals surface area contributed by atoms with E-state index in [-0.39, 0.29) is 6.54 Å². The van der Waals surface area contributed by atoms with Crippen LogP contribution in [0.25, 0.3) is 0 Å². The average molecular weight is 470 g/mol. The second-order valence-corrected chi connectivity index (χ2v) is 9.11. The number of rotatable bonds is 9. The molecule has 8 heteroatoms. The molecule has 0 aromatic heterocycles. The van der Waals surface area contributed by atoms with Crippen LogP contribution in [0, 0.1) is 0 Å². The van der Waals surface area contributed by atoms with Gasteiger partial charge in [-0.25, -0.2) is 4.79 Å². The molecule has 0 heterocycles. The van der Waals surface area contributed by atoms with E-state index in [0.717, 1.165) is 12.1 Å². The SMILES string of the molecule is CC/C=C(/N(Cc1ccc(C(F)(F)F)cc1)C(=O)OC(C)(C)C)C(C)(CC)N(C)C=NCC. The van der Waals surface area contributed by atoms with Gasteiger partial charge in [0.05, 0.1) is 24.0 Å². The van der Waals surface area contributed by atoms with E-state index in [2.05, 4.69) is 4.99 Å². The first kappa shape index (κ1) is 28.5. The molecule has 0 saturated carbocycles. The van der Waals surface area contributed by atoms with Gasteiger partial charge in [0.25, 0.3) is 0 Å². The van der Waals surface area contributed by atoms with Crippen LogP contribution in [0.4, 0.5) is 18.0 Å². The summed E-state index contributed by atoms with van der Waals surface area (Å²) in [6, 6.07) is 4.86. The van der Waals surface area contributed by atoms with E-state index in [4.69, 9.17) is 4.74 Å². The third-order valence-electron chi connectivity index (χ3n) is 5.38. The topological polar surface area (TPSA) is 45.1 Å². The summed E-state index contributed by atoms with van der Waals surface area (Å²) in [7, 11) is 1.90. The maximum Gasteiger partial charge on any atom is 0.416 e. The average Bonchev–Trinajstić information content (AvgIpc) is 2.72. The van der Waals surface area contributed by atoms with Crippen LogP contribution < -0.4 is 0 Å². The Labute approximate surface area is 196 Å². The zero-order valence-electron chi connectivity index (χ0n) is 21.1. The fourth-order valence-corrected chi connectivity index (χ4v) is 3.30. The first-order valence-electron chi connectivity index (χ1n) is 11.3. The predicted molar refractivity (Wildman–Crippen MR) is 127 cm³/mol. The maximum absolute atomic E-state index is 13.3. The lowest BCUT2D eigenvalue weighted by atomic mass is 9.90. The highest BCUT2D eigenvalue weighted by Gasteiger charge is 2.38. The minimum atomic E-state index is -4.42. The summed E-state index contributed by atoms with van der Waals surface area (Å²) in [5.41, 5.74) is -0.776. The summed E-state index contributed by atoms with van der Waals surface area (Å²) in [5, 5.41) is 0. The minimum absolute atomic E-state index is 0.0766. The molecule has 1 aromatic carbocycles. The van der Waals surface area contributed by atoms with Crippen molar-refractivity contribution in [1.82, 2.24) is 9.80 Å². The van der Waals surface area contributed by atoms with Crippen molar-refractivity contribution in [2.24, 2.45) is 4.99 Å². The van der Waals surface area contributed by atoms with E-state index in [1.807, 2.05) is 45.7 Å². The predicted octanol–water partition coefficient (Wildman–Crippen LogP) is 6.89. The first-order chi connectivity index (χ1) is 15.2. The zero-order valence-corrected chi connectivity index (χ0v) is 21.1. The van der Waals surface area contributed by atoms with Crippen molar-refractivity contribution in [3.05, 3.63) is 47.2 Å². The summed E-state index contributed by atoms with van der Waals surface area (Å²) in [4.78, 5) is 21.2. The van der Waals surface area contributed by atoms with Crippen LogP contribution in [0.2, 0.25) is 0 Å². The fourth-order valence-electron chi connectivity index (χ4n) is 3.30. The van der Waals surface area contributed by atoms with Gasteiger partial charge >= 0.3 is 12.3 Å². The summed E-state index contributed by atoms with van der Waals surface area (Å²) in [6.07, 6.45) is 0.0702. The van der Waals surface area contributed by atoms with E-state index in [0.29, 0.717) is 30.6 Å². The Morgan fingerprint density at radius 2 is 1.64 bits per heavy atom. The molecular weight excluding hydrogens is 431 g/mol. The van der Waals surface area contributed by atoms with Gasteiger partial charge in [-0.15, -0.1) is 0 Å². The Hall–Kier alpha value is -2.51. The zero-order chi connectivity index (χ0) is 25.4. The number of allylic oxidation sites excluding steroid dienone is 1. The number of carbonyl (C=O) groups is 1. The van der Waals surface area contributed by atoms with E-state index < -0.39 is 29.0 Å². The van der Waals surface area contributed by atoms with Gasteiger partial charge in [-0.2, -0.15) is 13.2 Å². The Bertz CT molecular complexity index is 827. The molecule has 1 amide bonds. The monoisotopic (exact) mass is 469 g/mol. The molecular formula is C25H38F3N3O2. The minimum Gasteiger partial charge on any atom is -0.443 e. The van der Waals surface area contributed by atoms with Crippen molar-refractivity contribution < 1.29 is 22.7 Å². The van der Waals surface area contributed by atoms with Gasteiger partial charge in [0, 0.05) is 19.3 Å². The molecule has 1 unspecified atom stereocenters. The lowest BCUT2D eigenvalue weighted by Gasteiger charge is -2.43. The molecule has 1 aromatic rings. The third kappa shape index (κ3) is 8.09. The van der Waals surface area contributed by atoms with Gasteiger partial charge in [-0.3, -0.25) is 9.89 Å². The Morgan fingerprint density at radius 3 is 2.06 bits per heavy atom. The molecule has 33 heavy (non-hydrogen) atoms. The van der Waals surface area contributed by atoms with Crippen LogP contribution in [0.15, 0.2) is 41.0 Å². The van der Waals surface area contributed by atoms with Gasteiger partial charge in [-0.05, 0) is 65.2 Å². The highest BCUT2D eigenvalue weighted by Crippen LogP contribution is 2.33. The summed E-state index contributed by atoms with van der Waals surface area (Å²) >= 11 is 0. The van der Waals surface area contributed by atoms with Gasteiger partial charge in [0.1, 0.15) is 5.60 Å². The number of hydrogen-bond donors (Lipinski definition) is 0. The molecule has 0 saturated heterocycles. The number of nitrogens with zero attached hydrogens (tertiary/aromatic N) is 3. The molecule has 0 fully saturated rings. The highest BCUT2D eigenvalue weighted by atomic mass is 19.4. The number of benzene rings is 1.